The molecule has 1 atom stereocenters. The second-order valence-corrected chi connectivity index (χ2v) is 6.69. The number of pyridine rings is 2. The minimum absolute atomic E-state index is 0.556. The Kier molecular flexibility index (Phi) is 4.11. The van der Waals surface area contributed by atoms with E-state index in [0.29, 0.717) is 0 Å². The fourth-order valence-electron chi connectivity index (χ4n) is 3.56. The fraction of sp³-hybridized carbons (Fsp3) is 0.300. The number of anilines is 1. The van der Waals surface area contributed by atoms with Crippen LogP contribution in [0.1, 0.15) is 12.6 Å². The van der Waals surface area contributed by atoms with E-state index >= 15 is 0 Å². The molecule has 1 saturated heterocycles. The van der Waals surface area contributed by atoms with Crippen LogP contribution in [0.15, 0.2) is 60.9 Å². The average molecular weight is 333 g/mol. The summed E-state index contributed by atoms with van der Waals surface area (Å²) >= 11 is 0. The van der Waals surface area contributed by atoms with Crippen molar-refractivity contribution in [1.29, 1.82) is 0 Å². The zero-order chi connectivity index (χ0) is 17.3. The van der Waals surface area contributed by atoms with Gasteiger partial charge in [0.1, 0.15) is 11.5 Å². The maximum atomic E-state index is 6.62. The van der Waals surface area contributed by atoms with Crippen LogP contribution in [-0.4, -0.2) is 41.0 Å². The van der Waals surface area contributed by atoms with Crippen LogP contribution in [0.25, 0.3) is 10.8 Å². The van der Waals surface area contributed by atoms with Gasteiger partial charge in [-0.2, -0.15) is 0 Å². The van der Waals surface area contributed by atoms with Crippen LogP contribution < -0.4 is 10.6 Å². The number of benzene rings is 1. The number of nitrogens with zero attached hydrogens (tertiary/aromatic N) is 4. The number of hydrogen-bond acceptors (Lipinski definition) is 5. The third-order valence-corrected chi connectivity index (χ3v) is 5.07. The maximum Gasteiger partial charge on any atom is 0.136 e. The van der Waals surface area contributed by atoms with E-state index in [0.717, 1.165) is 37.7 Å². The molecular formula is C20H23N5. The van der Waals surface area contributed by atoms with E-state index in [-0.39, 0.29) is 0 Å². The van der Waals surface area contributed by atoms with Crippen molar-refractivity contribution in [3.05, 3.63) is 66.6 Å². The number of hydrogen-bond donors (Lipinski definition) is 1. The quantitative estimate of drug-likeness (QED) is 0.798. The second-order valence-electron chi connectivity index (χ2n) is 6.69. The minimum Gasteiger partial charge on any atom is -0.354 e. The SMILES string of the molecule is CC(N)(c1ccccn1)N1CCN(c2nccc3ccccc23)CC1. The lowest BCUT2D eigenvalue weighted by Crippen LogP contribution is -2.58. The van der Waals surface area contributed by atoms with E-state index < -0.39 is 5.66 Å². The molecule has 4 rings (SSSR count). The molecule has 2 aromatic heterocycles. The summed E-state index contributed by atoms with van der Waals surface area (Å²) in [5, 5.41) is 2.44. The number of rotatable bonds is 3. The van der Waals surface area contributed by atoms with Gasteiger partial charge in [-0.1, -0.05) is 30.3 Å². The molecule has 3 heterocycles. The number of fused-ring (bicyclic) bond motifs is 1. The number of nitrogens with two attached hydrogens (primary N) is 1. The molecule has 1 aromatic carbocycles. The van der Waals surface area contributed by atoms with Crippen LogP contribution in [0.5, 0.6) is 0 Å². The summed E-state index contributed by atoms with van der Waals surface area (Å²) in [7, 11) is 0. The summed E-state index contributed by atoms with van der Waals surface area (Å²) in [6.45, 7) is 5.62. The highest BCUT2D eigenvalue weighted by atomic mass is 15.3. The molecule has 0 saturated carbocycles. The first kappa shape index (κ1) is 16.0. The van der Waals surface area contributed by atoms with Crippen LogP contribution in [0.3, 0.4) is 0 Å². The molecule has 1 aliphatic heterocycles. The summed E-state index contributed by atoms with van der Waals surface area (Å²) < 4.78 is 0. The van der Waals surface area contributed by atoms with Gasteiger partial charge < -0.3 is 10.6 Å². The van der Waals surface area contributed by atoms with Gasteiger partial charge in [-0.25, -0.2) is 4.98 Å². The third-order valence-electron chi connectivity index (χ3n) is 5.07. The summed E-state index contributed by atoms with van der Waals surface area (Å²) in [6, 6.07) is 16.4. The lowest BCUT2D eigenvalue weighted by Gasteiger charge is -2.43. The highest BCUT2D eigenvalue weighted by molar-refractivity contribution is 5.92. The van der Waals surface area contributed by atoms with E-state index in [1.807, 2.05) is 31.3 Å². The summed E-state index contributed by atoms with van der Waals surface area (Å²) in [4.78, 5) is 13.7. The predicted octanol–water partition coefficient (Wildman–Crippen LogP) is 2.58. The van der Waals surface area contributed by atoms with Crippen molar-refractivity contribution in [3.63, 3.8) is 0 Å². The monoisotopic (exact) mass is 333 g/mol. The molecule has 2 N–H and O–H groups in total. The van der Waals surface area contributed by atoms with Crippen molar-refractivity contribution in [1.82, 2.24) is 14.9 Å². The Morgan fingerprint density at radius 2 is 1.64 bits per heavy atom. The standard InChI is InChI=1S/C20H23N5/c1-20(21,18-8-4-5-10-22-18)25-14-12-24(13-15-25)19-17-7-3-2-6-16(17)9-11-23-19/h2-11H,12-15,21H2,1H3. The minimum atomic E-state index is -0.556. The zero-order valence-corrected chi connectivity index (χ0v) is 14.5. The maximum absolute atomic E-state index is 6.62. The van der Waals surface area contributed by atoms with Gasteiger partial charge in [0.25, 0.3) is 0 Å². The van der Waals surface area contributed by atoms with Crippen molar-refractivity contribution in [2.45, 2.75) is 12.6 Å². The first-order valence-electron chi connectivity index (χ1n) is 8.70. The van der Waals surface area contributed by atoms with Gasteiger partial charge in [0, 0.05) is 44.0 Å². The van der Waals surface area contributed by atoms with Gasteiger partial charge in [-0.15, -0.1) is 0 Å². The van der Waals surface area contributed by atoms with Gasteiger partial charge in [-0.05, 0) is 30.5 Å². The lowest BCUT2D eigenvalue weighted by atomic mass is 10.0. The van der Waals surface area contributed by atoms with Crippen LogP contribution in [0, 0.1) is 0 Å². The first-order chi connectivity index (χ1) is 12.2. The second kappa shape index (κ2) is 6.43. The molecule has 25 heavy (non-hydrogen) atoms. The molecule has 1 aliphatic rings. The van der Waals surface area contributed by atoms with Crippen LogP contribution in [0.4, 0.5) is 5.82 Å². The molecule has 0 spiro atoms. The molecule has 0 bridgehead atoms. The highest BCUT2D eigenvalue weighted by Gasteiger charge is 2.33. The normalized spacial score (nSPS) is 18.2. The molecular weight excluding hydrogens is 310 g/mol. The molecule has 1 fully saturated rings. The third kappa shape index (κ3) is 2.97. The fourth-order valence-corrected chi connectivity index (χ4v) is 3.56. The molecule has 128 valence electrons. The van der Waals surface area contributed by atoms with E-state index in [4.69, 9.17) is 5.73 Å². The largest absolute Gasteiger partial charge is 0.354 e. The summed E-state index contributed by atoms with van der Waals surface area (Å²) in [6.07, 6.45) is 3.70. The van der Waals surface area contributed by atoms with Crippen LogP contribution in [-0.2, 0) is 5.66 Å². The molecule has 5 heteroatoms. The Morgan fingerprint density at radius 1 is 0.880 bits per heavy atom. The van der Waals surface area contributed by atoms with E-state index in [1.165, 1.54) is 10.8 Å². The van der Waals surface area contributed by atoms with Crippen molar-refractivity contribution in [2.75, 3.05) is 31.1 Å². The molecule has 3 aromatic rings. The van der Waals surface area contributed by atoms with Gasteiger partial charge in [0.15, 0.2) is 0 Å². The van der Waals surface area contributed by atoms with Crippen LogP contribution >= 0.6 is 0 Å². The van der Waals surface area contributed by atoms with Crippen molar-refractivity contribution in [2.24, 2.45) is 5.73 Å². The highest BCUT2D eigenvalue weighted by Crippen LogP contribution is 2.27. The lowest BCUT2D eigenvalue weighted by molar-refractivity contribution is 0.0959. The van der Waals surface area contributed by atoms with Gasteiger partial charge in [0.2, 0.25) is 0 Å². The van der Waals surface area contributed by atoms with Crippen molar-refractivity contribution >= 4 is 16.6 Å². The Balaban J connectivity index is 1.53. The number of aromatic nitrogens is 2. The Labute approximate surface area is 148 Å². The molecule has 0 radical (unpaired) electrons. The average Bonchev–Trinajstić information content (AvgIpc) is 2.68. The van der Waals surface area contributed by atoms with Crippen molar-refractivity contribution < 1.29 is 0 Å². The smallest absolute Gasteiger partial charge is 0.136 e. The molecule has 1 unspecified atom stereocenters. The van der Waals surface area contributed by atoms with Gasteiger partial charge in [-0.3, -0.25) is 9.88 Å². The Morgan fingerprint density at radius 3 is 2.40 bits per heavy atom. The molecule has 0 amide bonds. The topological polar surface area (TPSA) is 58.3 Å². The summed E-state index contributed by atoms with van der Waals surface area (Å²) in [5.74, 6) is 1.06. The van der Waals surface area contributed by atoms with Crippen molar-refractivity contribution in [3.8, 4) is 0 Å². The van der Waals surface area contributed by atoms with Gasteiger partial charge in [0.05, 0.1) is 5.69 Å². The van der Waals surface area contributed by atoms with E-state index in [1.54, 1.807) is 6.20 Å². The summed E-state index contributed by atoms with van der Waals surface area (Å²) in [5.41, 5.74) is 6.97. The molecule has 5 nitrogen and oxygen atoms in total. The van der Waals surface area contributed by atoms with E-state index in [9.17, 15) is 0 Å². The first-order valence-corrected chi connectivity index (χ1v) is 8.70. The van der Waals surface area contributed by atoms with Crippen LogP contribution in [0.2, 0.25) is 0 Å². The Bertz CT molecular complexity index is 849. The Hall–Kier alpha value is -2.50. The zero-order valence-electron chi connectivity index (χ0n) is 14.5. The number of piperazine rings is 1. The van der Waals surface area contributed by atoms with Gasteiger partial charge >= 0.3 is 0 Å². The molecule has 0 aliphatic carbocycles. The predicted molar refractivity (Wildman–Crippen MR) is 101 cm³/mol. The van der Waals surface area contributed by atoms with E-state index in [2.05, 4.69) is 50.1 Å².